The number of hydrogen-bond acceptors (Lipinski definition) is 4. The number of rotatable bonds is 6. The number of carbonyl (C=O) groups excluding carboxylic acids is 1. The Morgan fingerprint density at radius 2 is 1.85 bits per heavy atom. The van der Waals surface area contributed by atoms with Crippen LogP contribution in [0.3, 0.4) is 0 Å². The number of fused-ring (bicyclic) bond motifs is 2. The molecule has 0 spiro atoms. The van der Waals surface area contributed by atoms with Gasteiger partial charge in [-0.25, -0.2) is 4.98 Å². The minimum absolute atomic E-state index is 0.157. The molecule has 0 aliphatic carbocycles. The van der Waals surface area contributed by atoms with E-state index in [-0.39, 0.29) is 5.91 Å². The molecule has 1 amide bonds. The van der Waals surface area contributed by atoms with Gasteiger partial charge in [-0.05, 0) is 29.7 Å². The van der Waals surface area contributed by atoms with Gasteiger partial charge in [0.05, 0.1) is 16.8 Å². The smallest absolute Gasteiger partial charge is 0.244 e. The topological polar surface area (TPSA) is 51.2 Å². The van der Waals surface area contributed by atoms with Gasteiger partial charge in [0.15, 0.2) is 0 Å². The van der Waals surface area contributed by atoms with Crippen LogP contribution in [0.15, 0.2) is 72.8 Å². The maximum atomic E-state index is 12.0. The third-order valence-corrected chi connectivity index (χ3v) is 5.10. The van der Waals surface area contributed by atoms with Crippen LogP contribution in [0.1, 0.15) is 5.01 Å². The second-order valence-corrected chi connectivity index (χ2v) is 7.03. The highest BCUT2D eigenvalue weighted by molar-refractivity contribution is 7.19. The van der Waals surface area contributed by atoms with E-state index in [1.165, 1.54) is 6.08 Å². The van der Waals surface area contributed by atoms with Gasteiger partial charge in [-0.15, -0.1) is 11.3 Å². The molecule has 0 aliphatic rings. The molecule has 0 aliphatic heterocycles. The number of amides is 1. The molecule has 0 saturated heterocycles. The summed E-state index contributed by atoms with van der Waals surface area (Å²) in [5, 5.41) is 5.86. The fraction of sp³-hybridized carbons (Fsp3) is 0.0909. The zero-order valence-electron chi connectivity index (χ0n) is 14.6. The Labute approximate surface area is 161 Å². The van der Waals surface area contributed by atoms with Gasteiger partial charge in [0, 0.05) is 11.5 Å². The van der Waals surface area contributed by atoms with Crippen LogP contribution in [0, 0.1) is 0 Å². The van der Waals surface area contributed by atoms with Crippen LogP contribution in [0.5, 0.6) is 5.75 Å². The largest absolute Gasteiger partial charge is 0.491 e. The van der Waals surface area contributed by atoms with E-state index >= 15 is 0 Å². The van der Waals surface area contributed by atoms with Crippen molar-refractivity contribution >= 4 is 44.3 Å². The van der Waals surface area contributed by atoms with Crippen LogP contribution in [-0.4, -0.2) is 24.0 Å². The number of hydrogen-bond donors (Lipinski definition) is 1. The highest BCUT2D eigenvalue weighted by Gasteiger charge is 2.03. The number of nitrogens with zero attached hydrogens (tertiary/aromatic N) is 1. The Morgan fingerprint density at radius 3 is 2.78 bits per heavy atom. The number of aromatic nitrogens is 1. The summed E-state index contributed by atoms with van der Waals surface area (Å²) in [6.07, 6.45) is 3.25. The summed E-state index contributed by atoms with van der Waals surface area (Å²) in [5.74, 6) is 0.670. The van der Waals surface area contributed by atoms with Crippen molar-refractivity contribution in [1.29, 1.82) is 0 Å². The molecular weight excluding hydrogens is 356 g/mol. The number of benzene rings is 3. The summed E-state index contributed by atoms with van der Waals surface area (Å²) < 4.78 is 6.94. The minimum atomic E-state index is -0.157. The zero-order valence-corrected chi connectivity index (χ0v) is 15.4. The van der Waals surface area contributed by atoms with Crippen LogP contribution in [0.4, 0.5) is 0 Å². The van der Waals surface area contributed by atoms with Gasteiger partial charge in [-0.3, -0.25) is 4.79 Å². The first kappa shape index (κ1) is 17.2. The molecule has 0 radical (unpaired) electrons. The van der Waals surface area contributed by atoms with E-state index in [1.807, 2.05) is 54.6 Å². The number of thiazole rings is 1. The Kier molecular flexibility index (Phi) is 5.12. The van der Waals surface area contributed by atoms with Crippen molar-refractivity contribution in [2.24, 2.45) is 0 Å². The van der Waals surface area contributed by atoms with E-state index in [1.54, 1.807) is 17.4 Å². The highest BCUT2D eigenvalue weighted by Crippen LogP contribution is 2.25. The third kappa shape index (κ3) is 4.15. The maximum Gasteiger partial charge on any atom is 0.244 e. The van der Waals surface area contributed by atoms with Gasteiger partial charge in [0.2, 0.25) is 5.91 Å². The van der Waals surface area contributed by atoms with E-state index < -0.39 is 0 Å². The second-order valence-electron chi connectivity index (χ2n) is 5.97. The minimum Gasteiger partial charge on any atom is -0.491 e. The van der Waals surface area contributed by atoms with Crippen molar-refractivity contribution in [3.05, 3.63) is 77.8 Å². The van der Waals surface area contributed by atoms with E-state index in [0.717, 1.165) is 31.7 Å². The lowest BCUT2D eigenvalue weighted by Gasteiger charge is -2.09. The fourth-order valence-electron chi connectivity index (χ4n) is 2.82. The van der Waals surface area contributed by atoms with Gasteiger partial charge in [-0.2, -0.15) is 0 Å². The molecule has 0 unspecified atom stereocenters. The number of ether oxygens (including phenoxy) is 1. The van der Waals surface area contributed by atoms with Crippen LogP contribution in [-0.2, 0) is 4.79 Å². The number of para-hydroxylation sites is 1. The van der Waals surface area contributed by atoms with Crippen molar-refractivity contribution in [3.63, 3.8) is 0 Å². The van der Waals surface area contributed by atoms with Crippen LogP contribution >= 0.6 is 11.3 Å². The van der Waals surface area contributed by atoms with E-state index in [9.17, 15) is 4.79 Å². The Balaban J connectivity index is 1.29. The van der Waals surface area contributed by atoms with Crippen LogP contribution in [0.25, 0.3) is 27.1 Å². The van der Waals surface area contributed by atoms with E-state index in [4.69, 9.17) is 4.74 Å². The Bertz CT molecular complexity index is 1080. The molecular formula is C22H18N2O2S. The van der Waals surface area contributed by atoms with Gasteiger partial charge in [0.1, 0.15) is 17.4 Å². The monoisotopic (exact) mass is 374 g/mol. The molecule has 0 fully saturated rings. The van der Waals surface area contributed by atoms with Gasteiger partial charge in [-0.1, -0.05) is 48.5 Å². The molecule has 3 aromatic carbocycles. The SMILES string of the molecule is O=C(/C=C/c1nc2ccccc2s1)NCCOc1cccc2ccccc12. The lowest BCUT2D eigenvalue weighted by atomic mass is 10.1. The van der Waals surface area contributed by atoms with Crippen molar-refractivity contribution in [1.82, 2.24) is 10.3 Å². The average molecular weight is 374 g/mol. The van der Waals surface area contributed by atoms with Gasteiger partial charge < -0.3 is 10.1 Å². The Hall–Kier alpha value is -3.18. The lowest BCUT2D eigenvalue weighted by molar-refractivity contribution is -0.116. The summed E-state index contributed by atoms with van der Waals surface area (Å²) in [5.41, 5.74) is 0.950. The molecule has 5 heteroatoms. The molecule has 4 rings (SSSR count). The van der Waals surface area contributed by atoms with Crippen LogP contribution in [0.2, 0.25) is 0 Å². The van der Waals surface area contributed by atoms with Gasteiger partial charge >= 0.3 is 0 Å². The summed E-state index contributed by atoms with van der Waals surface area (Å²) in [4.78, 5) is 16.5. The fourth-order valence-corrected chi connectivity index (χ4v) is 3.69. The molecule has 27 heavy (non-hydrogen) atoms. The first-order valence-corrected chi connectivity index (χ1v) is 9.53. The highest BCUT2D eigenvalue weighted by atomic mass is 32.1. The first-order chi connectivity index (χ1) is 13.3. The summed E-state index contributed by atoms with van der Waals surface area (Å²) in [6.45, 7) is 0.848. The van der Waals surface area contributed by atoms with Crippen molar-refractivity contribution < 1.29 is 9.53 Å². The standard InChI is InChI=1S/C22H18N2O2S/c25-21(12-13-22-24-18-9-3-4-11-20(18)27-22)23-14-15-26-19-10-5-7-16-6-1-2-8-17(16)19/h1-13H,14-15H2,(H,23,25)/b13-12+. The molecule has 0 saturated carbocycles. The zero-order chi connectivity index (χ0) is 18.5. The number of nitrogens with one attached hydrogen (secondary N) is 1. The number of carbonyl (C=O) groups is 1. The Morgan fingerprint density at radius 1 is 1.04 bits per heavy atom. The van der Waals surface area contributed by atoms with Crippen LogP contribution < -0.4 is 10.1 Å². The second kappa shape index (κ2) is 8.01. The van der Waals surface area contributed by atoms with Gasteiger partial charge in [0.25, 0.3) is 0 Å². The molecule has 134 valence electrons. The first-order valence-electron chi connectivity index (χ1n) is 8.72. The quantitative estimate of drug-likeness (QED) is 0.394. The molecule has 1 N–H and O–H groups in total. The summed E-state index contributed by atoms with van der Waals surface area (Å²) in [6, 6.07) is 22.0. The molecule has 4 nitrogen and oxygen atoms in total. The van der Waals surface area contributed by atoms with Crippen molar-refractivity contribution in [3.8, 4) is 5.75 Å². The van der Waals surface area contributed by atoms with Crippen molar-refractivity contribution in [2.75, 3.05) is 13.2 Å². The summed E-state index contributed by atoms with van der Waals surface area (Å²) in [7, 11) is 0. The lowest BCUT2D eigenvalue weighted by Crippen LogP contribution is -2.26. The third-order valence-electron chi connectivity index (χ3n) is 4.10. The predicted octanol–water partition coefficient (Wildman–Crippen LogP) is 4.66. The summed E-state index contributed by atoms with van der Waals surface area (Å²) >= 11 is 1.56. The molecule has 1 aromatic heterocycles. The predicted molar refractivity (Wildman–Crippen MR) is 111 cm³/mol. The van der Waals surface area contributed by atoms with Crippen molar-refractivity contribution in [2.45, 2.75) is 0 Å². The maximum absolute atomic E-state index is 12.0. The normalized spacial score (nSPS) is 11.3. The van der Waals surface area contributed by atoms with E-state index in [2.05, 4.69) is 22.4 Å². The molecule has 4 aromatic rings. The van der Waals surface area contributed by atoms with E-state index in [0.29, 0.717) is 13.2 Å². The molecule has 0 atom stereocenters. The molecule has 1 heterocycles. The average Bonchev–Trinajstić information content (AvgIpc) is 3.13. The molecule has 0 bridgehead atoms.